The Morgan fingerprint density at radius 2 is 2.33 bits per heavy atom. The Hall–Kier alpha value is -0.770. The SMILES string of the molecule is CC1CCN(CCOc2cccc(Cl)c2)CC1N. The summed E-state index contributed by atoms with van der Waals surface area (Å²) in [5.74, 6) is 1.47. The van der Waals surface area contributed by atoms with Crippen molar-refractivity contribution in [2.24, 2.45) is 11.7 Å². The van der Waals surface area contributed by atoms with Crippen LogP contribution >= 0.6 is 11.6 Å². The van der Waals surface area contributed by atoms with Crippen LogP contribution < -0.4 is 10.5 Å². The van der Waals surface area contributed by atoms with Crippen molar-refractivity contribution in [2.45, 2.75) is 19.4 Å². The molecule has 2 atom stereocenters. The summed E-state index contributed by atoms with van der Waals surface area (Å²) >= 11 is 5.90. The van der Waals surface area contributed by atoms with E-state index in [0.717, 1.165) is 25.4 Å². The number of benzene rings is 1. The molecule has 18 heavy (non-hydrogen) atoms. The van der Waals surface area contributed by atoms with E-state index in [9.17, 15) is 0 Å². The van der Waals surface area contributed by atoms with Crippen LogP contribution in [-0.2, 0) is 0 Å². The summed E-state index contributed by atoms with van der Waals surface area (Å²) < 4.78 is 5.68. The van der Waals surface area contributed by atoms with Gasteiger partial charge in [0.05, 0.1) is 0 Å². The van der Waals surface area contributed by atoms with Crippen molar-refractivity contribution in [2.75, 3.05) is 26.2 Å². The van der Waals surface area contributed by atoms with Gasteiger partial charge in [-0.2, -0.15) is 0 Å². The molecule has 1 heterocycles. The van der Waals surface area contributed by atoms with Gasteiger partial charge in [-0.3, -0.25) is 4.90 Å². The molecule has 1 fully saturated rings. The molecule has 0 aliphatic carbocycles. The Balaban J connectivity index is 1.72. The second-order valence-electron chi connectivity index (χ2n) is 5.04. The molecular formula is C14H21ClN2O. The summed E-state index contributed by atoms with van der Waals surface area (Å²) in [5.41, 5.74) is 6.07. The van der Waals surface area contributed by atoms with Crippen LogP contribution in [0.4, 0.5) is 0 Å². The molecule has 0 radical (unpaired) electrons. The maximum atomic E-state index is 6.07. The van der Waals surface area contributed by atoms with Crippen molar-refractivity contribution in [3.8, 4) is 5.75 Å². The first-order valence-corrected chi connectivity index (χ1v) is 6.89. The van der Waals surface area contributed by atoms with Crippen LogP contribution in [0.1, 0.15) is 13.3 Å². The zero-order valence-corrected chi connectivity index (χ0v) is 11.6. The molecule has 3 nitrogen and oxygen atoms in total. The minimum Gasteiger partial charge on any atom is -0.492 e. The van der Waals surface area contributed by atoms with Gasteiger partial charge in [0.25, 0.3) is 0 Å². The van der Waals surface area contributed by atoms with Crippen LogP contribution in [0.2, 0.25) is 5.02 Å². The van der Waals surface area contributed by atoms with E-state index in [2.05, 4.69) is 11.8 Å². The summed E-state index contributed by atoms with van der Waals surface area (Å²) in [5, 5.41) is 0.710. The smallest absolute Gasteiger partial charge is 0.120 e. The topological polar surface area (TPSA) is 38.5 Å². The minimum absolute atomic E-state index is 0.296. The highest BCUT2D eigenvalue weighted by atomic mass is 35.5. The van der Waals surface area contributed by atoms with Crippen LogP contribution in [0.5, 0.6) is 5.75 Å². The molecule has 1 aromatic rings. The van der Waals surface area contributed by atoms with Gasteiger partial charge in [-0.1, -0.05) is 24.6 Å². The van der Waals surface area contributed by atoms with Crippen molar-refractivity contribution in [1.82, 2.24) is 4.90 Å². The molecule has 4 heteroatoms. The molecule has 0 spiro atoms. The van der Waals surface area contributed by atoms with Gasteiger partial charge in [-0.25, -0.2) is 0 Å². The van der Waals surface area contributed by atoms with Crippen LogP contribution in [0.25, 0.3) is 0 Å². The van der Waals surface area contributed by atoms with Gasteiger partial charge in [0.2, 0.25) is 0 Å². The molecule has 0 amide bonds. The largest absolute Gasteiger partial charge is 0.492 e. The Labute approximate surface area is 114 Å². The Bertz CT molecular complexity index is 386. The summed E-state index contributed by atoms with van der Waals surface area (Å²) in [6.07, 6.45) is 1.18. The molecule has 1 saturated heterocycles. The maximum absolute atomic E-state index is 6.07. The second-order valence-corrected chi connectivity index (χ2v) is 5.47. The first-order chi connectivity index (χ1) is 8.65. The number of hydrogen-bond donors (Lipinski definition) is 1. The summed E-state index contributed by atoms with van der Waals surface area (Å²) in [6, 6.07) is 7.81. The molecule has 0 aromatic heterocycles. The molecule has 2 unspecified atom stereocenters. The van der Waals surface area contributed by atoms with E-state index in [1.165, 1.54) is 6.42 Å². The van der Waals surface area contributed by atoms with Crippen LogP contribution in [-0.4, -0.2) is 37.2 Å². The molecule has 1 aliphatic rings. The second kappa shape index (κ2) is 6.41. The third-order valence-corrected chi connectivity index (χ3v) is 3.81. The average molecular weight is 269 g/mol. The first-order valence-electron chi connectivity index (χ1n) is 6.51. The highest BCUT2D eigenvalue weighted by Gasteiger charge is 2.22. The molecular weight excluding hydrogens is 248 g/mol. The fraction of sp³-hybridized carbons (Fsp3) is 0.571. The van der Waals surface area contributed by atoms with Crippen LogP contribution in [0.3, 0.4) is 0 Å². The third-order valence-electron chi connectivity index (χ3n) is 3.57. The van der Waals surface area contributed by atoms with E-state index >= 15 is 0 Å². The van der Waals surface area contributed by atoms with E-state index in [4.69, 9.17) is 22.1 Å². The Kier molecular flexibility index (Phi) is 4.87. The first kappa shape index (κ1) is 13.7. The van der Waals surface area contributed by atoms with Crippen LogP contribution in [0.15, 0.2) is 24.3 Å². The lowest BCUT2D eigenvalue weighted by atomic mass is 9.94. The summed E-state index contributed by atoms with van der Waals surface area (Å²) in [4.78, 5) is 2.37. The average Bonchev–Trinajstić information content (AvgIpc) is 2.34. The van der Waals surface area contributed by atoms with Gasteiger partial charge in [0, 0.05) is 24.2 Å². The summed E-state index contributed by atoms with van der Waals surface area (Å²) in [6.45, 7) is 5.92. The van der Waals surface area contributed by atoms with E-state index in [1.54, 1.807) is 0 Å². The molecule has 2 rings (SSSR count). The van der Waals surface area contributed by atoms with E-state index in [1.807, 2.05) is 24.3 Å². The number of piperidine rings is 1. The zero-order chi connectivity index (χ0) is 13.0. The number of halogens is 1. The van der Waals surface area contributed by atoms with E-state index in [-0.39, 0.29) is 0 Å². The highest BCUT2D eigenvalue weighted by Crippen LogP contribution is 2.18. The van der Waals surface area contributed by atoms with Crippen molar-refractivity contribution < 1.29 is 4.74 Å². The van der Waals surface area contributed by atoms with Crippen molar-refractivity contribution in [1.29, 1.82) is 0 Å². The normalized spacial score (nSPS) is 25.1. The number of rotatable bonds is 4. The molecule has 2 N–H and O–H groups in total. The minimum atomic E-state index is 0.296. The molecule has 1 aliphatic heterocycles. The van der Waals surface area contributed by atoms with Gasteiger partial charge in [0.1, 0.15) is 12.4 Å². The number of nitrogens with two attached hydrogens (primary N) is 1. The van der Waals surface area contributed by atoms with Crippen LogP contribution in [0, 0.1) is 5.92 Å². The van der Waals surface area contributed by atoms with Crippen molar-refractivity contribution in [3.05, 3.63) is 29.3 Å². The van der Waals surface area contributed by atoms with E-state index < -0.39 is 0 Å². The Morgan fingerprint density at radius 3 is 3.06 bits per heavy atom. The fourth-order valence-corrected chi connectivity index (χ4v) is 2.40. The van der Waals surface area contributed by atoms with E-state index in [0.29, 0.717) is 23.6 Å². The Morgan fingerprint density at radius 1 is 1.50 bits per heavy atom. The number of likely N-dealkylation sites (tertiary alicyclic amines) is 1. The predicted octanol–water partition coefficient (Wildman–Crippen LogP) is 2.39. The monoisotopic (exact) mass is 268 g/mol. The molecule has 100 valence electrons. The van der Waals surface area contributed by atoms with Crippen molar-refractivity contribution >= 4 is 11.6 Å². The molecule has 0 saturated carbocycles. The lowest BCUT2D eigenvalue weighted by molar-refractivity contribution is 0.143. The summed E-state index contributed by atoms with van der Waals surface area (Å²) in [7, 11) is 0. The molecule has 1 aromatic carbocycles. The van der Waals surface area contributed by atoms with Gasteiger partial charge < -0.3 is 10.5 Å². The number of nitrogens with zero attached hydrogens (tertiary/aromatic N) is 1. The highest BCUT2D eigenvalue weighted by molar-refractivity contribution is 6.30. The van der Waals surface area contributed by atoms with Gasteiger partial charge in [0.15, 0.2) is 0 Å². The lowest BCUT2D eigenvalue weighted by Gasteiger charge is -2.34. The van der Waals surface area contributed by atoms with Gasteiger partial charge in [-0.15, -0.1) is 0 Å². The number of hydrogen-bond acceptors (Lipinski definition) is 3. The fourth-order valence-electron chi connectivity index (χ4n) is 2.22. The molecule has 0 bridgehead atoms. The zero-order valence-electron chi connectivity index (χ0n) is 10.8. The predicted molar refractivity (Wildman–Crippen MR) is 75.1 cm³/mol. The standard InChI is InChI=1S/C14H21ClN2O/c1-11-5-6-17(10-14(11)16)7-8-18-13-4-2-3-12(15)9-13/h2-4,9,11,14H,5-8,10,16H2,1H3. The van der Waals surface area contributed by atoms with Gasteiger partial charge in [-0.05, 0) is 37.1 Å². The third kappa shape index (κ3) is 3.87. The quantitative estimate of drug-likeness (QED) is 0.911. The maximum Gasteiger partial charge on any atom is 0.120 e. The number of ether oxygens (including phenoxy) is 1. The lowest BCUT2D eigenvalue weighted by Crippen LogP contribution is -2.48. The van der Waals surface area contributed by atoms with Gasteiger partial charge >= 0.3 is 0 Å². The van der Waals surface area contributed by atoms with Crippen molar-refractivity contribution in [3.63, 3.8) is 0 Å².